The van der Waals surface area contributed by atoms with Crippen molar-refractivity contribution in [2.75, 3.05) is 0 Å². The van der Waals surface area contributed by atoms with Gasteiger partial charge in [-0.3, -0.25) is 9.59 Å². The normalized spacial score (nSPS) is 22.0. The maximum Gasteiger partial charge on any atom is 0.271 e. The fourth-order valence-corrected chi connectivity index (χ4v) is 5.98. The van der Waals surface area contributed by atoms with Gasteiger partial charge >= 0.3 is 0 Å². The van der Waals surface area contributed by atoms with E-state index in [9.17, 15) is 9.59 Å². The van der Waals surface area contributed by atoms with Crippen molar-refractivity contribution >= 4 is 33.4 Å². The van der Waals surface area contributed by atoms with E-state index in [1.54, 1.807) is 16.2 Å². The Morgan fingerprint density at radius 3 is 2.77 bits per heavy atom. The summed E-state index contributed by atoms with van der Waals surface area (Å²) in [5, 5.41) is 6.41. The van der Waals surface area contributed by atoms with Gasteiger partial charge in [0.05, 0.1) is 6.54 Å². The molecular weight excluding hydrogens is 406 g/mol. The number of fused-ring (bicyclic) bond motifs is 3. The molecule has 0 radical (unpaired) electrons. The molecule has 6 heteroatoms. The van der Waals surface area contributed by atoms with Crippen molar-refractivity contribution in [3.63, 3.8) is 0 Å². The smallest absolute Gasteiger partial charge is 0.271 e. The second kappa shape index (κ2) is 7.83. The number of aryl methyl sites for hydroxylation is 1. The SMILES string of the molecule is Cc1cccc(CN2C(=O)c3cc4ccsc4n3CC2(C)C(=O)NC2CCCCC2)c1. The largest absolute Gasteiger partial charge is 0.351 e. The molecule has 1 N–H and O–H groups in total. The average Bonchev–Trinajstić information content (AvgIpc) is 3.34. The number of nitrogens with zero attached hydrogens (tertiary/aromatic N) is 2. The number of amides is 2. The highest BCUT2D eigenvalue weighted by atomic mass is 32.1. The van der Waals surface area contributed by atoms with E-state index in [1.807, 2.05) is 36.6 Å². The zero-order chi connectivity index (χ0) is 21.6. The quantitative estimate of drug-likeness (QED) is 0.635. The monoisotopic (exact) mass is 435 g/mol. The molecule has 0 saturated heterocycles. The van der Waals surface area contributed by atoms with E-state index in [0.29, 0.717) is 18.8 Å². The van der Waals surface area contributed by atoms with Crippen LogP contribution in [-0.2, 0) is 17.9 Å². The van der Waals surface area contributed by atoms with E-state index >= 15 is 0 Å². The van der Waals surface area contributed by atoms with Crippen molar-refractivity contribution < 1.29 is 9.59 Å². The fraction of sp³-hybridized carbons (Fsp3) is 0.440. The first-order valence-corrected chi connectivity index (χ1v) is 12.1. The van der Waals surface area contributed by atoms with Gasteiger partial charge in [-0.1, -0.05) is 49.1 Å². The fourth-order valence-electron chi connectivity index (χ4n) is 5.09. The molecule has 5 nitrogen and oxygen atoms in total. The van der Waals surface area contributed by atoms with Crippen molar-refractivity contribution in [3.8, 4) is 0 Å². The van der Waals surface area contributed by atoms with Gasteiger partial charge in [0.25, 0.3) is 5.91 Å². The summed E-state index contributed by atoms with van der Waals surface area (Å²) in [6.45, 7) is 4.88. The lowest BCUT2D eigenvalue weighted by molar-refractivity contribution is -0.134. The number of nitrogens with one attached hydrogen (secondary N) is 1. The highest BCUT2D eigenvalue weighted by Crippen LogP contribution is 2.35. The molecule has 1 atom stereocenters. The lowest BCUT2D eigenvalue weighted by Crippen LogP contribution is -2.64. The Hall–Kier alpha value is -2.60. The molecule has 2 amide bonds. The molecule has 2 aliphatic rings. The van der Waals surface area contributed by atoms with Gasteiger partial charge in [-0.15, -0.1) is 11.3 Å². The number of thiophene rings is 1. The van der Waals surface area contributed by atoms with Gasteiger partial charge in [-0.2, -0.15) is 0 Å². The maximum atomic E-state index is 13.7. The second-order valence-electron chi connectivity index (χ2n) is 9.26. The molecule has 1 fully saturated rings. The van der Waals surface area contributed by atoms with Crippen LogP contribution in [0.2, 0.25) is 0 Å². The van der Waals surface area contributed by atoms with E-state index in [4.69, 9.17) is 0 Å². The first kappa shape index (κ1) is 20.3. The molecule has 1 unspecified atom stereocenters. The number of carbonyl (C=O) groups excluding carboxylic acids is 2. The van der Waals surface area contributed by atoms with Crippen LogP contribution < -0.4 is 5.32 Å². The third-order valence-corrected chi connectivity index (χ3v) is 7.83. The summed E-state index contributed by atoms with van der Waals surface area (Å²) >= 11 is 1.63. The molecule has 3 heterocycles. The Balaban J connectivity index is 1.53. The van der Waals surface area contributed by atoms with Crippen LogP contribution in [0.15, 0.2) is 41.8 Å². The highest BCUT2D eigenvalue weighted by Gasteiger charge is 2.48. The maximum absolute atomic E-state index is 13.7. The molecule has 2 aromatic heterocycles. The number of hydrogen-bond donors (Lipinski definition) is 1. The van der Waals surface area contributed by atoms with Crippen LogP contribution >= 0.6 is 11.3 Å². The summed E-state index contributed by atoms with van der Waals surface area (Å²) in [6.07, 6.45) is 5.61. The zero-order valence-corrected chi connectivity index (χ0v) is 19.0. The van der Waals surface area contributed by atoms with Crippen LogP contribution in [0, 0.1) is 6.92 Å². The van der Waals surface area contributed by atoms with Gasteiger partial charge in [0.1, 0.15) is 16.1 Å². The summed E-state index contributed by atoms with van der Waals surface area (Å²) < 4.78 is 2.05. The number of aromatic nitrogens is 1. The molecule has 5 rings (SSSR count). The number of hydrogen-bond acceptors (Lipinski definition) is 3. The summed E-state index contributed by atoms with van der Waals surface area (Å²) in [5.41, 5.74) is 1.94. The molecule has 3 aromatic rings. The molecule has 162 valence electrons. The molecule has 1 aromatic carbocycles. The lowest BCUT2D eigenvalue weighted by atomic mass is 9.91. The molecule has 1 aliphatic carbocycles. The number of carbonyl (C=O) groups is 2. The minimum absolute atomic E-state index is 0.0375. The predicted molar refractivity (Wildman–Crippen MR) is 124 cm³/mol. The minimum Gasteiger partial charge on any atom is -0.351 e. The van der Waals surface area contributed by atoms with Gasteiger partial charge in [0.15, 0.2) is 0 Å². The summed E-state index contributed by atoms with van der Waals surface area (Å²) in [5.74, 6) is -0.109. The Labute approximate surface area is 187 Å². The van der Waals surface area contributed by atoms with Crippen molar-refractivity contribution in [3.05, 3.63) is 58.6 Å². The van der Waals surface area contributed by atoms with Crippen LogP contribution in [0.25, 0.3) is 10.2 Å². The van der Waals surface area contributed by atoms with Gasteiger partial charge in [-0.05, 0) is 49.8 Å². The van der Waals surface area contributed by atoms with Gasteiger partial charge in [-0.25, -0.2) is 0 Å². The van der Waals surface area contributed by atoms with Crippen molar-refractivity contribution in [2.45, 2.75) is 70.6 Å². The van der Waals surface area contributed by atoms with Crippen LogP contribution in [0.4, 0.5) is 0 Å². The first-order chi connectivity index (χ1) is 15.0. The second-order valence-corrected chi connectivity index (χ2v) is 10.2. The molecule has 0 spiro atoms. The van der Waals surface area contributed by atoms with Gasteiger partial charge < -0.3 is 14.8 Å². The third kappa shape index (κ3) is 3.57. The molecular formula is C25H29N3O2S. The Morgan fingerprint density at radius 2 is 2.00 bits per heavy atom. The molecule has 1 saturated carbocycles. The van der Waals surface area contributed by atoms with E-state index in [1.165, 1.54) is 6.42 Å². The van der Waals surface area contributed by atoms with E-state index < -0.39 is 5.54 Å². The predicted octanol–water partition coefficient (Wildman–Crippen LogP) is 4.87. The lowest BCUT2D eigenvalue weighted by Gasteiger charge is -2.44. The van der Waals surface area contributed by atoms with Crippen molar-refractivity contribution in [1.29, 1.82) is 0 Å². The van der Waals surface area contributed by atoms with E-state index in [2.05, 4.69) is 28.9 Å². The number of rotatable bonds is 4. The topological polar surface area (TPSA) is 54.3 Å². The Morgan fingerprint density at radius 1 is 1.19 bits per heavy atom. The van der Waals surface area contributed by atoms with Crippen LogP contribution in [0.1, 0.15) is 60.6 Å². The van der Waals surface area contributed by atoms with Crippen LogP contribution in [-0.4, -0.2) is 32.9 Å². The van der Waals surface area contributed by atoms with E-state index in [0.717, 1.165) is 47.0 Å². The van der Waals surface area contributed by atoms with Gasteiger partial charge in [0.2, 0.25) is 5.91 Å². The van der Waals surface area contributed by atoms with E-state index in [-0.39, 0.29) is 17.9 Å². The summed E-state index contributed by atoms with van der Waals surface area (Å²) in [4.78, 5) is 30.3. The average molecular weight is 436 g/mol. The zero-order valence-electron chi connectivity index (χ0n) is 18.2. The van der Waals surface area contributed by atoms with Crippen molar-refractivity contribution in [1.82, 2.24) is 14.8 Å². The highest BCUT2D eigenvalue weighted by molar-refractivity contribution is 7.16. The Bertz CT molecular complexity index is 1140. The minimum atomic E-state index is -0.943. The molecule has 1 aliphatic heterocycles. The Kier molecular flexibility index (Phi) is 5.13. The first-order valence-electron chi connectivity index (χ1n) is 11.2. The molecule has 0 bridgehead atoms. The third-order valence-electron chi connectivity index (χ3n) is 6.88. The van der Waals surface area contributed by atoms with Crippen molar-refractivity contribution in [2.24, 2.45) is 0 Å². The van der Waals surface area contributed by atoms with Gasteiger partial charge in [0, 0.05) is 18.0 Å². The summed E-state index contributed by atoms with van der Waals surface area (Å²) in [6, 6.07) is 12.4. The number of benzene rings is 1. The van der Waals surface area contributed by atoms with Crippen LogP contribution in [0.5, 0.6) is 0 Å². The standard InChI is InChI=1S/C25H29N3O2S/c1-17-7-6-8-18(13-17)15-28-22(29)21-14-19-11-12-31-23(19)27(21)16-25(28,2)24(30)26-20-9-4-3-5-10-20/h6-8,11-14,20H,3-5,9-10,15-16H2,1-2H3,(H,26,30). The molecule has 31 heavy (non-hydrogen) atoms. The summed E-state index contributed by atoms with van der Waals surface area (Å²) in [7, 11) is 0. The van der Waals surface area contributed by atoms with Crippen LogP contribution in [0.3, 0.4) is 0 Å².